The van der Waals surface area contributed by atoms with Gasteiger partial charge in [-0.1, -0.05) is 0 Å². The van der Waals surface area contributed by atoms with Gasteiger partial charge in [0.15, 0.2) is 0 Å². The van der Waals surface area contributed by atoms with Crippen LogP contribution < -0.4 is 10.2 Å². The van der Waals surface area contributed by atoms with Gasteiger partial charge >= 0.3 is 5.97 Å². The van der Waals surface area contributed by atoms with Crippen molar-refractivity contribution in [1.82, 2.24) is 5.32 Å². The molecule has 2 rings (SSSR count). The standard InChI is InChI=1S/C17H23N3O5S/c1-25-17(22)14(7-10-26-2)18-16(21)13-11-12(20(23)24)5-6-15(13)19-8-3-4-9-19/h5-6,11,14H,3-4,7-10H2,1-2H3,(H,18,21)/t14-/m1/s1. The van der Waals surface area contributed by atoms with E-state index in [0.29, 0.717) is 17.9 Å². The Morgan fingerprint density at radius 3 is 2.65 bits per heavy atom. The lowest BCUT2D eigenvalue weighted by molar-refractivity contribution is -0.384. The fraction of sp³-hybridized carbons (Fsp3) is 0.529. The molecule has 0 radical (unpaired) electrons. The molecule has 142 valence electrons. The highest BCUT2D eigenvalue weighted by Crippen LogP contribution is 2.28. The van der Waals surface area contributed by atoms with E-state index in [9.17, 15) is 19.7 Å². The van der Waals surface area contributed by atoms with Crippen molar-refractivity contribution < 1.29 is 19.2 Å². The van der Waals surface area contributed by atoms with Gasteiger partial charge in [0.05, 0.1) is 23.3 Å². The van der Waals surface area contributed by atoms with Gasteiger partial charge in [-0.3, -0.25) is 14.9 Å². The number of hydrogen-bond acceptors (Lipinski definition) is 7. The molecule has 1 amide bonds. The molecule has 8 nitrogen and oxygen atoms in total. The van der Waals surface area contributed by atoms with Gasteiger partial charge in [-0.2, -0.15) is 11.8 Å². The van der Waals surface area contributed by atoms with Gasteiger partial charge in [0.25, 0.3) is 11.6 Å². The van der Waals surface area contributed by atoms with Crippen molar-refractivity contribution in [3.63, 3.8) is 0 Å². The van der Waals surface area contributed by atoms with Gasteiger partial charge < -0.3 is 15.0 Å². The molecule has 0 saturated carbocycles. The zero-order valence-electron chi connectivity index (χ0n) is 14.9. The molecule has 1 aromatic rings. The van der Waals surface area contributed by atoms with Gasteiger partial charge in [-0.25, -0.2) is 4.79 Å². The normalized spacial score (nSPS) is 14.8. The molecule has 1 saturated heterocycles. The van der Waals surface area contributed by atoms with Crippen molar-refractivity contribution in [2.75, 3.05) is 37.1 Å². The number of benzene rings is 1. The van der Waals surface area contributed by atoms with E-state index < -0.39 is 22.8 Å². The van der Waals surface area contributed by atoms with Crippen LogP contribution in [0, 0.1) is 10.1 Å². The topological polar surface area (TPSA) is 102 Å². The summed E-state index contributed by atoms with van der Waals surface area (Å²) >= 11 is 1.55. The van der Waals surface area contributed by atoms with Crippen LogP contribution in [-0.2, 0) is 9.53 Å². The zero-order valence-corrected chi connectivity index (χ0v) is 15.7. The van der Waals surface area contributed by atoms with Gasteiger partial charge in [0.2, 0.25) is 0 Å². The predicted molar refractivity (Wildman–Crippen MR) is 101 cm³/mol. The van der Waals surface area contributed by atoms with E-state index in [4.69, 9.17) is 4.74 Å². The fourth-order valence-electron chi connectivity index (χ4n) is 2.92. The van der Waals surface area contributed by atoms with Crippen LogP contribution in [0.4, 0.5) is 11.4 Å². The predicted octanol–water partition coefficient (Wildman–Crippen LogP) is 2.22. The summed E-state index contributed by atoms with van der Waals surface area (Å²) < 4.78 is 4.76. The van der Waals surface area contributed by atoms with Crippen LogP contribution in [0.3, 0.4) is 0 Å². The van der Waals surface area contributed by atoms with Gasteiger partial charge in [0, 0.05) is 25.2 Å². The smallest absolute Gasteiger partial charge is 0.328 e. The fourth-order valence-corrected chi connectivity index (χ4v) is 3.39. The molecule has 1 fully saturated rings. The first-order valence-electron chi connectivity index (χ1n) is 8.39. The highest BCUT2D eigenvalue weighted by atomic mass is 32.2. The molecule has 1 heterocycles. The molecule has 1 N–H and O–H groups in total. The lowest BCUT2D eigenvalue weighted by atomic mass is 10.1. The molecule has 26 heavy (non-hydrogen) atoms. The molecule has 0 bridgehead atoms. The van der Waals surface area contributed by atoms with Crippen molar-refractivity contribution in [1.29, 1.82) is 0 Å². The number of esters is 1. The van der Waals surface area contributed by atoms with E-state index in [1.807, 2.05) is 11.2 Å². The van der Waals surface area contributed by atoms with Gasteiger partial charge in [-0.05, 0) is 37.3 Å². The number of ether oxygens (including phenoxy) is 1. The van der Waals surface area contributed by atoms with E-state index in [1.54, 1.807) is 17.8 Å². The zero-order chi connectivity index (χ0) is 19.1. The third-order valence-corrected chi connectivity index (χ3v) is 4.93. The number of non-ortho nitro benzene ring substituents is 1. The molecule has 1 atom stereocenters. The first kappa shape index (κ1) is 20.0. The summed E-state index contributed by atoms with van der Waals surface area (Å²) in [4.78, 5) is 37.4. The lowest BCUT2D eigenvalue weighted by Gasteiger charge is -2.22. The maximum atomic E-state index is 12.8. The Balaban J connectivity index is 2.30. The number of hydrogen-bond donors (Lipinski definition) is 1. The van der Waals surface area contributed by atoms with Crippen molar-refractivity contribution in [2.45, 2.75) is 25.3 Å². The summed E-state index contributed by atoms with van der Waals surface area (Å²) in [6.07, 6.45) is 4.35. The number of nitro groups is 1. The van der Waals surface area contributed by atoms with Crippen LogP contribution in [0.5, 0.6) is 0 Å². The van der Waals surface area contributed by atoms with Crippen LogP contribution >= 0.6 is 11.8 Å². The molecular weight excluding hydrogens is 358 g/mol. The first-order chi connectivity index (χ1) is 12.5. The molecule has 0 unspecified atom stereocenters. The molecule has 1 aliphatic rings. The number of amides is 1. The minimum absolute atomic E-state index is 0.156. The van der Waals surface area contributed by atoms with Crippen molar-refractivity contribution in [3.05, 3.63) is 33.9 Å². The van der Waals surface area contributed by atoms with Gasteiger partial charge in [0.1, 0.15) is 6.04 Å². The Morgan fingerprint density at radius 2 is 2.08 bits per heavy atom. The molecule has 0 spiro atoms. The largest absolute Gasteiger partial charge is 0.467 e. The number of carbonyl (C=O) groups is 2. The van der Waals surface area contributed by atoms with Crippen LogP contribution in [0.2, 0.25) is 0 Å². The summed E-state index contributed by atoms with van der Waals surface area (Å²) in [5, 5.41) is 13.8. The number of carbonyl (C=O) groups excluding carboxylic acids is 2. The summed E-state index contributed by atoms with van der Waals surface area (Å²) in [5.41, 5.74) is 0.704. The highest BCUT2D eigenvalue weighted by molar-refractivity contribution is 7.98. The van der Waals surface area contributed by atoms with E-state index >= 15 is 0 Å². The average molecular weight is 381 g/mol. The van der Waals surface area contributed by atoms with Crippen molar-refractivity contribution in [2.24, 2.45) is 0 Å². The van der Waals surface area contributed by atoms with E-state index in [1.165, 1.54) is 19.2 Å². The second-order valence-corrected chi connectivity index (χ2v) is 6.97. The second-order valence-electron chi connectivity index (χ2n) is 5.98. The SMILES string of the molecule is COC(=O)[C@@H](CCSC)NC(=O)c1cc([N+](=O)[O-])ccc1N1CCCC1. The monoisotopic (exact) mass is 381 g/mol. The molecule has 0 aliphatic carbocycles. The van der Waals surface area contributed by atoms with Crippen LogP contribution in [-0.4, -0.2) is 55.0 Å². The third kappa shape index (κ3) is 4.87. The molecule has 9 heteroatoms. The van der Waals surface area contributed by atoms with Gasteiger partial charge in [-0.15, -0.1) is 0 Å². The van der Waals surface area contributed by atoms with Crippen molar-refractivity contribution in [3.8, 4) is 0 Å². The molecular formula is C17H23N3O5S. The van der Waals surface area contributed by atoms with Crippen molar-refractivity contribution >= 4 is 35.0 Å². The Bertz CT molecular complexity index is 676. The van der Waals surface area contributed by atoms with E-state index in [2.05, 4.69) is 5.32 Å². The number of nitro benzene ring substituents is 1. The van der Waals surface area contributed by atoms with E-state index in [0.717, 1.165) is 25.9 Å². The number of anilines is 1. The van der Waals surface area contributed by atoms with E-state index in [-0.39, 0.29) is 11.3 Å². The lowest BCUT2D eigenvalue weighted by Crippen LogP contribution is -2.42. The molecule has 1 aliphatic heterocycles. The minimum Gasteiger partial charge on any atom is -0.467 e. The molecule has 1 aromatic carbocycles. The Labute approximate surface area is 156 Å². The van der Waals surface area contributed by atoms with Crippen LogP contribution in [0.1, 0.15) is 29.6 Å². The Hall–Kier alpha value is -2.29. The average Bonchev–Trinajstić information content (AvgIpc) is 3.18. The summed E-state index contributed by atoms with van der Waals surface area (Å²) in [6.45, 7) is 1.59. The summed E-state index contributed by atoms with van der Waals surface area (Å²) in [6, 6.07) is 3.49. The number of methoxy groups -OCH3 is 1. The Kier molecular flexibility index (Phi) is 7.26. The maximum absolute atomic E-state index is 12.8. The van der Waals surface area contributed by atoms with Crippen LogP contribution in [0.15, 0.2) is 18.2 Å². The first-order valence-corrected chi connectivity index (χ1v) is 9.78. The third-order valence-electron chi connectivity index (χ3n) is 4.28. The highest BCUT2D eigenvalue weighted by Gasteiger charge is 2.26. The quantitative estimate of drug-likeness (QED) is 0.418. The second kappa shape index (κ2) is 9.42. The van der Waals surface area contributed by atoms with Crippen LogP contribution in [0.25, 0.3) is 0 Å². The number of rotatable bonds is 8. The Morgan fingerprint density at radius 1 is 1.38 bits per heavy atom. The summed E-state index contributed by atoms with van der Waals surface area (Å²) in [5.74, 6) is -0.360. The number of thioether (sulfide) groups is 1. The molecule has 0 aromatic heterocycles. The number of nitrogens with one attached hydrogen (secondary N) is 1. The minimum atomic E-state index is -0.786. The number of nitrogens with zero attached hydrogens (tertiary/aromatic N) is 2. The summed E-state index contributed by atoms with van der Waals surface area (Å²) in [7, 11) is 1.27. The maximum Gasteiger partial charge on any atom is 0.328 e.